The van der Waals surface area contributed by atoms with Gasteiger partial charge in [-0.15, -0.1) is 0 Å². The number of aliphatic hydroxyl groups excluding tert-OH is 1. The standard InChI is InChI=1S/C20H24N2O3/c1-25-17-9-5-8-16(14-17)21-20(24)22(12-13-23)19-11-4-7-15-6-2-3-10-18(15)19/h2-3,5-6,8-10,14,19,23H,4,7,11-13H2,1H3,(H,21,24). The molecule has 5 nitrogen and oxygen atoms in total. The van der Waals surface area contributed by atoms with Gasteiger partial charge >= 0.3 is 6.03 Å². The molecule has 3 rings (SSSR count). The predicted molar refractivity (Wildman–Crippen MR) is 97.9 cm³/mol. The van der Waals surface area contributed by atoms with Gasteiger partial charge in [0.05, 0.1) is 19.8 Å². The molecule has 5 heteroatoms. The van der Waals surface area contributed by atoms with E-state index >= 15 is 0 Å². The van der Waals surface area contributed by atoms with Crippen LogP contribution >= 0.6 is 0 Å². The molecule has 0 aliphatic heterocycles. The van der Waals surface area contributed by atoms with Crippen molar-refractivity contribution in [3.63, 3.8) is 0 Å². The van der Waals surface area contributed by atoms with Gasteiger partial charge in [-0.2, -0.15) is 0 Å². The summed E-state index contributed by atoms with van der Waals surface area (Å²) < 4.78 is 5.20. The third-order valence-corrected chi connectivity index (χ3v) is 4.64. The molecule has 1 atom stereocenters. The molecule has 0 bridgehead atoms. The van der Waals surface area contributed by atoms with Crippen LogP contribution in [0.4, 0.5) is 10.5 Å². The lowest BCUT2D eigenvalue weighted by atomic mass is 9.87. The maximum Gasteiger partial charge on any atom is 0.322 e. The van der Waals surface area contributed by atoms with E-state index in [0.29, 0.717) is 18.0 Å². The predicted octanol–water partition coefficient (Wildman–Crippen LogP) is 3.60. The van der Waals surface area contributed by atoms with Gasteiger partial charge < -0.3 is 20.1 Å². The molecule has 2 amide bonds. The first-order valence-corrected chi connectivity index (χ1v) is 8.63. The van der Waals surface area contributed by atoms with Crippen LogP contribution in [0.2, 0.25) is 0 Å². The molecule has 0 radical (unpaired) electrons. The van der Waals surface area contributed by atoms with E-state index in [1.54, 1.807) is 18.1 Å². The van der Waals surface area contributed by atoms with Crippen molar-refractivity contribution in [2.24, 2.45) is 0 Å². The Labute approximate surface area is 148 Å². The summed E-state index contributed by atoms with van der Waals surface area (Å²) in [6.45, 7) is 0.235. The Morgan fingerprint density at radius 3 is 2.92 bits per heavy atom. The summed E-state index contributed by atoms with van der Waals surface area (Å²) in [5.41, 5.74) is 3.15. The van der Waals surface area contributed by atoms with E-state index in [-0.39, 0.29) is 18.7 Å². The van der Waals surface area contributed by atoms with Gasteiger partial charge in [0.25, 0.3) is 0 Å². The Morgan fingerprint density at radius 2 is 2.12 bits per heavy atom. The number of nitrogens with zero attached hydrogens (tertiary/aromatic N) is 1. The number of carbonyl (C=O) groups is 1. The van der Waals surface area contributed by atoms with Crippen LogP contribution in [0.5, 0.6) is 5.75 Å². The van der Waals surface area contributed by atoms with Gasteiger partial charge in [-0.1, -0.05) is 30.3 Å². The van der Waals surface area contributed by atoms with Crippen molar-refractivity contribution in [1.82, 2.24) is 4.90 Å². The maximum atomic E-state index is 12.9. The molecule has 0 aromatic heterocycles. The van der Waals surface area contributed by atoms with Gasteiger partial charge in [-0.3, -0.25) is 0 Å². The van der Waals surface area contributed by atoms with Crippen LogP contribution < -0.4 is 10.1 Å². The number of carbonyl (C=O) groups excluding carboxylic acids is 1. The zero-order chi connectivity index (χ0) is 17.6. The summed E-state index contributed by atoms with van der Waals surface area (Å²) >= 11 is 0. The number of rotatable bonds is 5. The number of urea groups is 1. The topological polar surface area (TPSA) is 61.8 Å². The van der Waals surface area contributed by atoms with Crippen molar-refractivity contribution in [1.29, 1.82) is 0 Å². The summed E-state index contributed by atoms with van der Waals surface area (Å²) in [6, 6.07) is 15.3. The monoisotopic (exact) mass is 340 g/mol. The molecule has 1 unspecified atom stereocenters. The van der Waals surface area contributed by atoms with E-state index in [1.807, 2.05) is 30.3 Å². The van der Waals surface area contributed by atoms with Crippen LogP contribution in [0.3, 0.4) is 0 Å². The molecule has 0 spiro atoms. The minimum atomic E-state index is -0.205. The number of anilines is 1. The molecule has 0 heterocycles. The fourth-order valence-corrected chi connectivity index (χ4v) is 3.45. The number of ether oxygens (including phenoxy) is 1. The number of amides is 2. The average Bonchev–Trinajstić information content (AvgIpc) is 2.66. The zero-order valence-corrected chi connectivity index (χ0v) is 14.4. The largest absolute Gasteiger partial charge is 0.497 e. The third-order valence-electron chi connectivity index (χ3n) is 4.64. The van der Waals surface area contributed by atoms with Crippen molar-refractivity contribution in [3.8, 4) is 5.75 Å². The zero-order valence-electron chi connectivity index (χ0n) is 14.4. The highest BCUT2D eigenvalue weighted by molar-refractivity contribution is 5.90. The normalized spacial score (nSPS) is 16.0. The number of aryl methyl sites for hydroxylation is 1. The summed E-state index contributed by atoms with van der Waals surface area (Å²) in [5, 5.41) is 12.4. The first kappa shape index (κ1) is 17.3. The van der Waals surface area contributed by atoms with Crippen LogP contribution in [-0.4, -0.2) is 36.3 Å². The molecule has 0 saturated carbocycles. The lowest BCUT2D eigenvalue weighted by molar-refractivity contribution is 0.155. The van der Waals surface area contributed by atoms with Gasteiger partial charge in [-0.25, -0.2) is 4.79 Å². The first-order chi connectivity index (χ1) is 12.2. The lowest BCUT2D eigenvalue weighted by Gasteiger charge is -2.35. The molecular weight excluding hydrogens is 316 g/mol. The fourth-order valence-electron chi connectivity index (χ4n) is 3.45. The third kappa shape index (κ3) is 3.94. The highest BCUT2D eigenvalue weighted by Gasteiger charge is 2.28. The van der Waals surface area contributed by atoms with Crippen LogP contribution in [0.25, 0.3) is 0 Å². The van der Waals surface area contributed by atoms with E-state index < -0.39 is 0 Å². The van der Waals surface area contributed by atoms with Gasteiger partial charge in [0, 0.05) is 18.3 Å². The second-order valence-corrected chi connectivity index (χ2v) is 6.19. The van der Waals surface area contributed by atoms with Crippen LogP contribution in [0.15, 0.2) is 48.5 Å². The number of nitrogens with one attached hydrogen (secondary N) is 1. The molecule has 132 valence electrons. The molecule has 1 aliphatic rings. The van der Waals surface area contributed by atoms with Gasteiger partial charge in [0.15, 0.2) is 0 Å². The van der Waals surface area contributed by atoms with E-state index in [1.165, 1.54) is 11.1 Å². The number of benzene rings is 2. The minimum absolute atomic E-state index is 0.0114. The summed E-state index contributed by atoms with van der Waals surface area (Å²) in [7, 11) is 1.60. The Bertz CT molecular complexity index is 732. The highest BCUT2D eigenvalue weighted by atomic mass is 16.5. The molecule has 25 heavy (non-hydrogen) atoms. The quantitative estimate of drug-likeness (QED) is 0.874. The molecule has 1 aliphatic carbocycles. The van der Waals surface area contributed by atoms with Gasteiger partial charge in [-0.05, 0) is 42.5 Å². The van der Waals surface area contributed by atoms with E-state index in [0.717, 1.165) is 19.3 Å². The SMILES string of the molecule is COc1cccc(NC(=O)N(CCO)C2CCCc3ccccc32)c1. The number of aliphatic hydroxyl groups is 1. The molecule has 2 aromatic rings. The molecule has 2 N–H and O–H groups in total. The first-order valence-electron chi connectivity index (χ1n) is 8.63. The number of fused-ring (bicyclic) bond motifs is 1. The number of methoxy groups -OCH3 is 1. The van der Waals surface area contributed by atoms with Crippen molar-refractivity contribution < 1.29 is 14.6 Å². The summed E-state index contributed by atoms with van der Waals surface area (Å²) in [5.74, 6) is 0.689. The number of hydrogen-bond donors (Lipinski definition) is 2. The highest BCUT2D eigenvalue weighted by Crippen LogP contribution is 2.34. The second-order valence-electron chi connectivity index (χ2n) is 6.19. The van der Waals surface area contributed by atoms with Crippen molar-refractivity contribution in [2.75, 3.05) is 25.6 Å². The minimum Gasteiger partial charge on any atom is -0.497 e. The second kappa shape index (κ2) is 8.03. The maximum absolute atomic E-state index is 12.9. The fraction of sp³-hybridized carbons (Fsp3) is 0.350. The van der Waals surface area contributed by atoms with E-state index in [2.05, 4.69) is 17.4 Å². The smallest absolute Gasteiger partial charge is 0.322 e. The average molecular weight is 340 g/mol. The van der Waals surface area contributed by atoms with Crippen molar-refractivity contribution >= 4 is 11.7 Å². The lowest BCUT2D eigenvalue weighted by Crippen LogP contribution is -2.41. The van der Waals surface area contributed by atoms with Crippen LogP contribution in [-0.2, 0) is 6.42 Å². The van der Waals surface area contributed by atoms with E-state index in [4.69, 9.17) is 4.74 Å². The summed E-state index contributed by atoms with van der Waals surface area (Å²) in [4.78, 5) is 14.6. The Balaban J connectivity index is 1.82. The molecule has 0 fully saturated rings. The van der Waals surface area contributed by atoms with Crippen LogP contribution in [0, 0.1) is 0 Å². The summed E-state index contributed by atoms with van der Waals surface area (Å²) in [6.07, 6.45) is 2.98. The van der Waals surface area contributed by atoms with Crippen molar-refractivity contribution in [3.05, 3.63) is 59.7 Å². The Morgan fingerprint density at radius 1 is 1.28 bits per heavy atom. The van der Waals surface area contributed by atoms with Crippen LogP contribution in [0.1, 0.15) is 30.0 Å². The van der Waals surface area contributed by atoms with E-state index in [9.17, 15) is 9.90 Å². The van der Waals surface area contributed by atoms with Gasteiger partial charge in [0.2, 0.25) is 0 Å². The Kier molecular flexibility index (Phi) is 5.56. The van der Waals surface area contributed by atoms with Gasteiger partial charge in [0.1, 0.15) is 5.75 Å². The van der Waals surface area contributed by atoms with Crippen molar-refractivity contribution in [2.45, 2.75) is 25.3 Å². The Hall–Kier alpha value is -2.53. The number of hydrogen-bond acceptors (Lipinski definition) is 3. The molecule has 2 aromatic carbocycles. The molecular formula is C20H24N2O3. The molecule has 0 saturated heterocycles.